The monoisotopic (exact) mass is 267 g/mol. The van der Waals surface area contributed by atoms with Crippen molar-refractivity contribution in [2.75, 3.05) is 0 Å². The Bertz CT molecular complexity index is 526. The van der Waals surface area contributed by atoms with Crippen molar-refractivity contribution in [3.8, 4) is 0 Å². The molecule has 1 aliphatic rings. The van der Waals surface area contributed by atoms with E-state index in [9.17, 15) is 14.9 Å². The van der Waals surface area contributed by atoms with Crippen molar-refractivity contribution >= 4 is 29.4 Å². The first-order valence-electron chi connectivity index (χ1n) is 5.35. The third-order valence-corrected chi connectivity index (χ3v) is 2.86. The summed E-state index contributed by atoms with van der Waals surface area (Å²) in [5.74, 6) is -0.0736. The number of nitro benzene ring substituents is 1. The molecule has 1 aromatic carbocycles. The van der Waals surface area contributed by atoms with E-state index in [0.717, 1.165) is 12.8 Å². The number of nitrogens with zero attached hydrogens (tertiary/aromatic N) is 2. The lowest BCUT2D eigenvalue weighted by molar-refractivity contribution is -0.384. The highest BCUT2D eigenvalue weighted by atomic mass is 35.5. The molecule has 0 atom stereocenters. The Morgan fingerprint density at radius 1 is 1.56 bits per heavy atom. The summed E-state index contributed by atoms with van der Waals surface area (Å²) in [6.07, 6.45) is 3.08. The fourth-order valence-corrected chi connectivity index (χ4v) is 1.51. The van der Waals surface area contributed by atoms with Crippen LogP contribution in [0.15, 0.2) is 23.3 Å². The topological polar surface area (TPSA) is 84.6 Å². The third kappa shape index (κ3) is 3.04. The normalized spacial score (nSPS) is 14.7. The predicted octanol–water partition coefficient (Wildman–Crippen LogP) is 2.11. The lowest BCUT2D eigenvalue weighted by Crippen LogP contribution is -2.18. The summed E-state index contributed by atoms with van der Waals surface area (Å²) in [4.78, 5) is 21.4. The van der Waals surface area contributed by atoms with Crippen molar-refractivity contribution < 1.29 is 9.72 Å². The molecule has 1 saturated carbocycles. The van der Waals surface area contributed by atoms with Crippen molar-refractivity contribution in [2.24, 2.45) is 11.0 Å². The molecule has 94 valence electrons. The molecule has 7 heteroatoms. The average molecular weight is 268 g/mol. The van der Waals surface area contributed by atoms with Gasteiger partial charge in [0.1, 0.15) is 0 Å². The second kappa shape index (κ2) is 5.14. The minimum atomic E-state index is -0.517. The molecule has 0 saturated heterocycles. The summed E-state index contributed by atoms with van der Waals surface area (Å²) < 4.78 is 0. The number of carbonyl (C=O) groups is 1. The zero-order chi connectivity index (χ0) is 13.1. The first-order chi connectivity index (χ1) is 8.58. The van der Waals surface area contributed by atoms with E-state index in [1.54, 1.807) is 0 Å². The Kier molecular flexibility index (Phi) is 3.57. The number of amides is 1. The smallest absolute Gasteiger partial charge is 0.270 e. The Morgan fingerprint density at radius 2 is 2.28 bits per heavy atom. The molecule has 0 unspecified atom stereocenters. The number of hydrazone groups is 1. The lowest BCUT2D eigenvalue weighted by Gasteiger charge is -1.99. The van der Waals surface area contributed by atoms with Crippen LogP contribution in [-0.4, -0.2) is 17.0 Å². The Morgan fingerprint density at radius 3 is 2.89 bits per heavy atom. The van der Waals surface area contributed by atoms with Crippen LogP contribution in [0.2, 0.25) is 5.02 Å². The van der Waals surface area contributed by atoms with Gasteiger partial charge in [-0.15, -0.1) is 0 Å². The van der Waals surface area contributed by atoms with Gasteiger partial charge in [0.2, 0.25) is 5.91 Å². The predicted molar refractivity (Wildman–Crippen MR) is 66.6 cm³/mol. The molecule has 1 fully saturated rings. The van der Waals surface area contributed by atoms with Gasteiger partial charge >= 0.3 is 0 Å². The van der Waals surface area contributed by atoms with Crippen LogP contribution in [0, 0.1) is 16.0 Å². The molecule has 6 nitrogen and oxygen atoms in total. The van der Waals surface area contributed by atoms with Crippen LogP contribution in [0.25, 0.3) is 0 Å². The van der Waals surface area contributed by atoms with Crippen LogP contribution < -0.4 is 5.43 Å². The van der Waals surface area contributed by atoms with Gasteiger partial charge in [0.25, 0.3) is 5.69 Å². The van der Waals surface area contributed by atoms with E-state index in [0.29, 0.717) is 10.6 Å². The van der Waals surface area contributed by atoms with E-state index in [4.69, 9.17) is 11.6 Å². The number of nitro groups is 1. The van der Waals surface area contributed by atoms with E-state index in [1.807, 2.05) is 0 Å². The quantitative estimate of drug-likeness (QED) is 0.515. The number of carbonyl (C=O) groups excluding carboxylic acids is 1. The van der Waals surface area contributed by atoms with Crippen LogP contribution in [0.5, 0.6) is 0 Å². The maximum Gasteiger partial charge on any atom is 0.270 e. The molecule has 0 heterocycles. The first kappa shape index (κ1) is 12.5. The number of rotatable bonds is 4. The summed E-state index contributed by atoms with van der Waals surface area (Å²) in [6.45, 7) is 0. The summed E-state index contributed by atoms with van der Waals surface area (Å²) in [6, 6.07) is 4.03. The van der Waals surface area contributed by atoms with Gasteiger partial charge in [-0.25, -0.2) is 5.43 Å². The summed E-state index contributed by atoms with van der Waals surface area (Å²) >= 11 is 5.86. The zero-order valence-corrected chi connectivity index (χ0v) is 10.1. The van der Waals surface area contributed by atoms with Crippen LogP contribution in [0.4, 0.5) is 5.69 Å². The second-order valence-corrected chi connectivity index (χ2v) is 4.38. The minimum Gasteiger partial charge on any atom is -0.273 e. The van der Waals surface area contributed by atoms with Gasteiger partial charge in [-0.3, -0.25) is 14.9 Å². The molecule has 0 bridgehead atoms. The third-order valence-electron chi connectivity index (χ3n) is 2.52. The molecule has 18 heavy (non-hydrogen) atoms. The maximum atomic E-state index is 11.3. The highest BCUT2D eigenvalue weighted by molar-refractivity contribution is 6.33. The number of benzene rings is 1. The molecule has 0 aromatic heterocycles. The van der Waals surface area contributed by atoms with Crippen molar-refractivity contribution in [3.63, 3.8) is 0 Å². The van der Waals surface area contributed by atoms with Gasteiger partial charge < -0.3 is 0 Å². The Labute approximate surface area is 108 Å². The van der Waals surface area contributed by atoms with Gasteiger partial charge in [-0.1, -0.05) is 11.6 Å². The van der Waals surface area contributed by atoms with Crippen molar-refractivity contribution in [3.05, 3.63) is 38.9 Å². The molecule has 0 aliphatic heterocycles. The van der Waals surface area contributed by atoms with E-state index in [1.165, 1.54) is 24.4 Å². The van der Waals surface area contributed by atoms with Gasteiger partial charge in [0.05, 0.1) is 11.1 Å². The van der Waals surface area contributed by atoms with Crippen molar-refractivity contribution in [1.82, 2.24) is 5.43 Å². The van der Waals surface area contributed by atoms with Gasteiger partial charge in [0, 0.05) is 28.6 Å². The second-order valence-electron chi connectivity index (χ2n) is 3.97. The molecule has 1 amide bonds. The molecule has 0 radical (unpaired) electrons. The van der Waals surface area contributed by atoms with Crippen LogP contribution in [-0.2, 0) is 4.79 Å². The van der Waals surface area contributed by atoms with Gasteiger partial charge in [0.15, 0.2) is 0 Å². The molecule has 1 aliphatic carbocycles. The number of hydrogen-bond donors (Lipinski definition) is 1. The van der Waals surface area contributed by atoms with Crippen molar-refractivity contribution in [2.45, 2.75) is 12.8 Å². The number of nitrogens with one attached hydrogen (secondary N) is 1. The summed E-state index contributed by atoms with van der Waals surface area (Å²) in [7, 11) is 0. The average Bonchev–Trinajstić information content (AvgIpc) is 3.15. The Balaban J connectivity index is 2.07. The van der Waals surface area contributed by atoms with Crippen molar-refractivity contribution in [1.29, 1.82) is 0 Å². The van der Waals surface area contributed by atoms with E-state index >= 15 is 0 Å². The van der Waals surface area contributed by atoms with E-state index in [2.05, 4.69) is 10.5 Å². The van der Waals surface area contributed by atoms with E-state index in [-0.39, 0.29) is 17.5 Å². The fraction of sp³-hybridized carbons (Fsp3) is 0.273. The van der Waals surface area contributed by atoms with Crippen LogP contribution >= 0.6 is 11.6 Å². The molecule has 0 spiro atoms. The molecular formula is C11H10ClN3O3. The number of halogens is 1. The van der Waals surface area contributed by atoms with E-state index < -0.39 is 4.92 Å². The SMILES string of the molecule is O=C(N/N=C\c1cc([N+](=O)[O-])ccc1Cl)C1CC1. The highest BCUT2D eigenvalue weighted by Crippen LogP contribution is 2.28. The number of hydrogen-bond acceptors (Lipinski definition) is 4. The number of non-ortho nitro benzene ring substituents is 1. The lowest BCUT2D eigenvalue weighted by atomic mass is 10.2. The first-order valence-corrected chi connectivity index (χ1v) is 5.72. The minimum absolute atomic E-state index is 0.0581. The molecule has 1 aromatic rings. The molecule has 1 N–H and O–H groups in total. The molecule has 2 rings (SSSR count). The highest BCUT2D eigenvalue weighted by Gasteiger charge is 2.29. The van der Waals surface area contributed by atoms with Gasteiger partial charge in [-0.05, 0) is 18.9 Å². The maximum absolute atomic E-state index is 11.3. The molecular weight excluding hydrogens is 258 g/mol. The largest absolute Gasteiger partial charge is 0.273 e. The standard InChI is InChI=1S/C11H10ClN3O3/c12-10-4-3-9(15(17)18)5-8(10)6-13-14-11(16)7-1-2-7/h3-7H,1-2H2,(H,14,16)/b13-6-. The zero-order valence-electron chi connectivity index (χ0n) is 9.30. The Hall–Kier alpha value is -1.95. The summed E-state index contributed by atoms with van der Waals surface area (Å²) in [5.41, 5.74) is 2.69. The fourth-order valence-electron chi connectivity index (χ4n) is 1.35. The van der Waals surface area contributed by atoms with Crippen LogP contribution in [0.3, 0.4) is 0 Å². The van der Waals surface area contributed by atoms with Gasteiger partial charge in [-0.2, -0.15) is 5.10 Å². The van der Waals surface area contributed by atoms with Crippen LogP contribution in [0.1, 0.15) is 18.4 Å². The summed E-state index contributed by atoms with van der Waals surface area (Å²) in [5, 5.41) is 14.7.